The number of rotatable bonds is 5. The van der Waals surface area contributed by atoms with Crippen LogP contribution in [0.3, 0.4) is 0 Å². The molecule has 0 heterocycles. The van der Waals surface area contributed by atoms with Crippen molar-refractivity contribution in [3.8, 4) is 0 Å². The van der Waals surface area contributed by atoms with Crippen molar-refractivity contribution in [3.05, 3.63) is 29.1 Å². The van der Waals surface area contributed by atoms with Crippen molar-refractivity contribution < 1.29 is 26.7 Å². The summed E-state index contributed by atoms with van der Waals surface area (Å²) in [6.07, 6.45) is 0.697. The van der Waals surface area contributed by atoms with E-state index in [1.54, 1.807) is 5.32 Å². The van der Waals surface area contributed by atoms with Crippen molar-refractivity contribution >= 4 is 23.2 Å². The van der Waals surface area contributed by atoms with Gasteiger partial charge in [-0.05, 0) is 12.8 Å². The van der Waals surface area contributed by atoms with E-state index >= 15 is 0 Å². The molecule has 0 aliphatic carbocycles. The number of carbonyl (C=O) groups is 1. The molecule has 8 heteroatoms. The first-order valence-corrected chi connectivity index (χ1v) is 5.80. The van der Waals surface area contributed by atoms with Crippen molar-refractivity contribution in [3.63, 3.8) is 0 Å². The Balaban J connectivity index is 2.93. The third kappa shape index (κ3) is 3.56. The van der Waals surface area contributed by atoms with Crippen LogP contribution in [-0.2, 0) is 4.79 Å². The number of carbonyl (C=O) groups excluding carboxylic acids is 1. The van der Waals surface area contributed by atoms with Gasteiger partial charge < -0.3 is 5.32 Å². The Bertz CT molecular complexity index is 465. The molecular weight excluding hydrogens is 293 g/mol. The molecule has 0 unspecified atom stereocenters. The van der Waals surface area contributed by atoms with Crippen LogP contribution < -0.4 is 5.32 Å². The summed E-state index contributed by atoms with van der Waals surface area (Å²) in [7, 11) is 0. The van der Waals surface area contributed by atoms with E-state index in [0.717, 1.165) is 0 Å². The van der Waals surface area contributed by atoms with E-state index in [2.05, 4.69) is 0 Å². The monoisotopic (exact) mass is 301 g/mol. The largest absolute Gasteiger partial charge is 0.321 e. The highest BCUT2D eigenvalue weighted by Gasteiger charge is 2.26. The van der Waals surface area contributed by atoms with Crippen LogP contribution in [0.15, 0.2) is 0 Å². The summed E-state index contributed by atoms with van der Waals surface area (Å²) in [6, 6.07) is 0. The highest BCUT2D eigenvalue weighted by Crippen LogP contribution is 2.27. The molecule has 0 spiro atoms. The van der Waals surface area contributed by atoms with Crippen LogP contribution in [0.5, 0.6) is 0 Å². The zero-order chi connectivity index (χ0) is 14.6. The van der Waals surface area contributed by atoms with Crippen molar-refractivity contribution in [2.45, 2.75) is 19.3 Å². The topological polar surface area (TPSA) is 29.1 Å². The maximum atomic E-state index is 13.2. The van der Waals surface area contributed by atoms with Crippen LogP contribution >= 0.6 is 11.6 Å². The molecule has 1 rings (SSSR count). The lowest BCUT2D eigenvalue weighted by Crippen LogP contribution is -2.16. The van der Waals surface area contributed by atoms with Gasteiger partial charge in [-0.25, -0.2) is 22.0 Å². The second-order valence-electron chi connectivity index (χ2n) is 3.64. The molecule has 0 atom stereocenters. The Labute approximate surface area is 110 Å². The summed E-state index contributed by atoms with van der Waals surface area (Å²) in [5.74, 6) is -11.2. The highest BCUT2D eigenvalue weighted by atomic mass is 35.5. The van der Waals surface area contributed by atoms with E-state index in [1.807, 2.05) is 0 Å². The molecule has 0 fully saturated rings. The number of hydrogen-bond acceptors (Lipinski definition) is 1. The second-order valence-corrected chi connectivity index (χ2v) is 4.02. The number of hydrogen-bond donors (Lipinski definition) is 1. The zero-order valence-corrected chi connectivity index (χ0v) is 10.3. The van der Waals surface area contributed by atoms with Gasteiger partial charge in [0.05, 0.1) is 0 Å². The molecule has 0 saturated carbocycles. The van der Waals surface area contributed by atoms with Crippen LogP contribution in [0, 0.1) is 29.1 Å². The average molecular weight is 302 g/mol. The molecule has 2 nitrogen and oxygen atoms in total. The van der Waals surface area contributed by atoms with Gasteiger partial charge in [0.15, 0.2) is 23.3 Å². The van der Waals surface area contributed by atoms with Crippen molar-refractivity contribution in [1.29, 1.82) is 0 Å². The Hall–Kier alpha value is -1.37. The summed E-state index contributed by atoms with van der Waals surface area (Å²) >= 11 is 5.36. The third-order valence-electron chi connectivity index (χ3n) is 2.26. The first kappa shape index (κ1) is 15.7. The lowest BCUT2D eigenvalue weighted by atomic mass is 10.2. The van der Waals surface area contributed by atoms with Gasteiger partial charge >= 0.3 is 0 Å². The number of amides is 1. The molecule has 1 aromatic rings. The summed E-state index contributed by atoms with van der Waals surface area (Å²) in [5, 5.41) is 1.67. The number of halogens is 6. The predicted octanol–water partition coefficient (Wildman–Crippen LogP) is 3.73. The Morgan fingerprint density at radius 2 is 1.37 bits per heavy atom. The van der Waals surface area contributed by atoms with Crippen LogP contribution in [0.4, 0.5) is 27.6 Å². The summed E-state index contributed by atoms with van der Waals surface area (Å²) in [4.78, 5) is 11.3. The van der Waals surface area contributed by atoms with Gasteiger partial charge in [-0.1, -0.05) is 0 Å². The summed E-state index contributed by atoms with van der Waals surface area (Å²) < 4.78 is 64.8. The summed E-state index contributed by atoms with van der Waals surface area (Å²) in [6.45, 7) is 0. The summed E-state index contributed by atoms with van der Waals surface area (Å²) in [5.41, 5.74) is -1.34. The maximum Gasteiger partial charge on any atom is 0.224 e. The quantitative estimate of drug-likeness (QED) is 0.290. The molecule has 106 valence electrons. The lowest BCUT2D eigenvalue weighted by molar-refractivity contribution is -0.116. The molecular formula is C11H9ClF5NO. The molecule has 0 radical (unpaired) electrons. The van der Waals surface area contributed by atoms with E-state index in [1.165, 1.54) is 0 Å². The second kappa shape index (κ2) is 6.70. The molecule has 0 aliphatic heterocycles. The number of anilines is 1. The number of unbranched alkanes of at least 4 members (excludes halogenated alkanes) is 1. The van der Waals surface area contributed by atoms with E-state index in [9.17, 15) is 26.7 Å². The molecule has 0 aliphatic rings. The normalized spacial score (nSPS) is 10.6. The van der Waals surface area contributed by atoms with Gasteiger partial charge in [-0.2, -0.15) is 0 Å². The molecule has 1 amide bonds. The standard InChI is InChI=1S/C11H9ClF5NO/c12-4-2-1-3-5(19)18-11-9(16)7(14)6(13)8(15)10(11)17/h1-4H2,(H,18,19). The van der Waals surface area contributed by atoms with E-state index < -0.39 is 40.7 Å². The molecule has 19 heavy (non-hydrogen) atoms. The molecule has 1 aromatic carbocycles. The average Bonchev–Trinajstić information content (AvgIpc) is 2.39. The fourth-order valence-corrected chi connectivity index (χ4v) is 1.49. The number of benzene rings is 1. The first-order chi connectivity index (χ1) is 8.90. The first-order valence-electron chi connectivity index (χ1n) is 5.27. The van der Waals surface area contributed by atoms with Gasteiger partial charge in [0.1, 0.15) is 5.69 Å². The molecule has 0 saturated heterocycles. The predicted molar refractivity (Wildman–Crippen MR) is 59.4 cm³/mol. The third-order valence-corrected chi connectivity index (χ3v) is 2.53. The minimum atomic E-state index is -2.27. The van der Waals surface area contributed by atoms with Crippen molar-refractivity contribution in [2.24, 2.45) is 0 Å². The maximum absolute atomic E-state index is 13.2. The van der Waals surface area contributed by atoms with Gasteiger partial charge in [0, 0.05) is 12.3 Å². The van der Waals surface area contributed by atoms with Gasteiger partial charge in [-0.15, -0.1) is 11.6 Å². The van der Waals surface area contributed by atoms with Crippen molar-refractivity contribution in [1.82, 2.24) is 0 Å². The fraction of sp³-hybridized carbons (Fsp3) is 0.364. The van der Waals surface area contributed by atoms with Crippen LogP contribution in [-0.4, -0.2) is 11.8 Å². The van der Waals surface area contributed by atoms with Crippen molar-refractivity contribution in [2.75, 3.05) is 11.2 Å². The lowest BCUT2D eigenvalue weighted by Gasteiger charge is -2.09. The number of alkyl halides is 1. The highest BCUT2D eigenvalue weighted by molar-refractivity contribution is 6.17. The Kier molecular flexibility index (Phi) is 5.53. The zero-order valence-electron chi connectivity index (χ0n) is 9.50. The van der Waals surface area contributed by atoms with Crippen LogP contribution in [0.2, 0.25) is 0 Å². The van der Waals surface area contributed by atoms with Gasteiger partial charge in [0.25, 0.3) is 0 Å². The minimum absolute atomic E-state index is 0.133. The molecule has 1 N–H and O–H groups in total. The van der Waals surface area contributed by atoms with Crippen LogP contribution in [0.25, 0.3) is 0 Å². The Morgan fingerprint density at radius 3 is 1.84 bits per heavy atom. The van der Waals surface area contributed by atoms with E-state index in [-0.39, 0.29) is 6.42 Å². The van der Waals surface area contributed by atoms with Gasteiger partial charge in [-0.3, -0.25) is 4.79 Å². The fourth-order valence-electron chi connectivity index (χ4n) is 1.30. The van der Waals surface area contributed by atoms with Gasteiger partial charge in [0.2, 0.25) is 11.7 Å². The SMILES string of the molecule is O=C(CCCCCl)Nc1c(F)c(F)c(F)c(F)c1F. The Morgan fingerprint density at radius 1 is 0.895 bits per heavy atom. The van der Waals surface area contributed by atoms with E-state index in [4.69, 9.17) is 11.6 Å². The minimum Gasteiger partial charge on any atom is -0.321 e. The smallest absolute Gasteiger partial charge is 0.224 e. The van der Waals surface area contributed by atoms with E-state index in [0.29, 0.717) is 18.7 Å². The number of nitrogens with one attached hydrogen (secondary N) is 1. The molecule has 0 bridgehead atoms. The van der Waals surface area contributed by atoms with Crippen LogP contribution in [0.1, 0.15) is 19.3 Å². The molecule has 0 aromatic heterocycles.